The molecule has 0 radical (unpaired) electrons. The van der Waals surface area contributed by atoms with Gasteiger partial charge in [0.2, 0.25) is 0 Å². The summed E-state index contributed by atoms with van der Waals surface area (Å²) in [5, 5.41) is 0.192. The van der Waals surface area contributed by atoms with Crippen molar-refractivity contribution in [3.05, 3.63) is 39.0 Å². The van der Waals surface area contributed by atoms with Crippen LogP contribution < -0.4 is 11.2 Å². The molecule has 108 valence electrons. The average Bonchev–Trinajstić information content (AvgIpc) is 2.32. The number of hydrogen-bond donors (Lipinski definition) is 2. The lowest BCUT2D eigenvalue weighted by Crippen LogP contribution is -2.36. The Labute approximate surface area is 114 Å². The zero-order chi connectivity index (χ0) is 15.1. The van der Waals surface area contributed by atoms with Crippen molar-refractivity contribution in [1.82, 2.24) is 9.55 Å². The second-order valence-electron chi connectivity index (χ2n) is 4.92. The standard InChI is InChI=1S/C12H14N2O5S/c1-7(2)6-14-11(15)9-4-3-8(20(17,18)19)5-10(9)13-12(14)16/h3-5,7H,6H2,1-2H3,(H,13,16)(H,17,18,19). The van der Waals surface area contributed by atoms with Crippen molar-refractivity contribution in [1.29, 1.82) is 0 Å². The number of H-pyrrole nitrogens is 1. The Hall–Kier alpha value is -1.93. The van der Waals surface area contributed by atoms with E-state index in [9.17, 15) is 18.0 Å². The molecule has 0 aliphatic rings. The van der Waals surface area contributed by atoms with Crippen molar-refractivity contribution in [3.63, 3.8) is 0 Å². The third-order valence-electron chi connectivity index (χ3n) is 2.80. The molecule has 0 bridgehead atoms. The Morgan fingerprint density at radius 1 is 1.30 bits per heavy atom. The number of nitrogens with one attached hydrogen (secondary N) is 1. The molecule has 1 aromatic heterocycles. The van der Waals surface area contributed by atoms with Crippen LogP contribution in [-0.2, 0) is 16.7 Å². The van der Waals surface area contributed by atoms with Gasteiger partial charge in [-0.05, 0) is 24.1 Å². The Kier molecular flexibility index (Phi) is 3.53. The first-order valence-electron chi connectivity index (χ1n) is 5.94. The number of fused-ring (bicyclic) bond motifs is 1. The molecule has 0 aliphatic carbocycles. The Bertz CT molecular complexity index is 877. The number of aromatic amines is 1. The Morgan fingerprint density at radius 2 is 1.95 bits per heavy atom. The van der Waals surface area contributed by atoms with Crippen LogP contribution in [0.15, 0.2) is 32.7 Å². The maximum Gasteiger partial charge on any atom is 0.328 e. The molecule has 0 spiro atoms. The molecule has 7 nitrogen and oxygen atoms in total. The molecule has 8 heteroatoms. The predicted molar refractivity (Wildman–Crippen MR) is 73.5 cm³/mol. The van der Waals surface area contributed by atoms with E-state index in [0.717, 1.165) is 16.7 Å². The van der Waals surface area contributed by atoms with Gasteiger partial charge in [-0.2, -0.15) is 8.42 Å². The zero-order valence-electron chi connectivity index (χ0n) is 11.0. The monoisotopic (exact) mass is 298 g/mol. The lowest BCUT2D eigenvalue weighted by molar-refractivity contribution is 0.483. The fourth-order valence-electron chi connectivity index (χ4n) is 1.93. The lowest BCUT2D eigenvalue weighted by Gasteiger charge is -2.09. The van der Waals surface area contributed by atoms with Crippen molar-refractivity contribution in [2.24, 2.45) is 5.92 Å². The van der Waals surface area contributed by atoms with Crippen LogP contribution in [-0.4, -0.2) is 22.5 Å². The number of rotatable bonds is 3. The van der Waals surface area contributed by atoms with Crippen LogP contribution in [0.5, 0.6) is 0 Å². The highest BCUT2D eigenvalue weighted by Gasteiger charge is 2.13. The van der Waals surface area contributed by atoms with Crippen molar-refractivity contribution in [2.45, 2.75) is 25.3 Å². The first kappa shape index (κ1) is 14.5. The van der Waals surface area contributed by atoms with Gasteiger partial charge in [-0.1, -0.05) is 13.8 Å². The van der Waals surface area contributed by atoms with Crippen LogP contribution in [0.2, 0.25) is 0 Å². The molecule has 0 aliphatic heterocycles. The molecule has 0 amide bonds. The van der Waals surface area contributed by atoms with Gasteiger partial charge in [0.25, 0.3) is 15.7 Å². The molecule has 1 aromatic carbocycles. The molecule has 2 N–H and O–H groups in total. The van der Waals surface area contributed by atoms with Gasteiger partial charge in [-0.25, -0.2) is 4.79 Å². The Morgan fingerprint density at radius 3 is 2.50 bits per heavy atom. The van der Waals surface area contributed by atoms with Crippen LogP contribution in [0.25, 0.3) is 10.9 Å². The summed E-state index contributed by atoms with van der Waals surface area (Å²) in [5.74, 6) is 0.114. The molecule has 0 fully saturated rings. The summed E-state index contributed by atoms with van der Waals surface area (Å²) in [4.78, 5) is 26.1. The number of benzene rings is 1. The summed E-state index contributed by atoms with van der Waals surface area (Å²) in [6.07, 6.45) is 0. The van der Waals surface area contributed by atoms with Gasteiger partial charge in [0.1, 0.15) is 0 Å². The van der Waals surface area contributed by atoms with Crippen molar-refractivity contribution in [3.8, 4) is 0 Å². The van der Waals surface area contributed by atoms with Gasteiger partial charge in [0.15, 0.2) is 0 Å². The van der Waals surface area contributed by atoms with E-state index in [0.29, 0.717) is 0 Å². The van der Waals surface area contributed by atoms with E-state index in [-0.39, 0.29) is 28.3 Å². The molecule has 20 heavy (non-hydrogen) atoms. The van der Waals surface area contributed by atoms with E-state index in [1.54, 1.807) is 0 Å². The topological polar surface area (TPSA) is 109 Å². The van der Waals surface area contributed by atoms with Gasteiger partial charge < -0.3 is 4.98 Å². The summed E-state index contributed by atoms with van der Waals surface area (Å²) in [6.45, 7) is 4.01. The van der Waals surface area contributed by atoms with E-state index in [2.05, 4.69) is 4.98 Å². The van der Waals surface area contributed by atoms with E-state index in [1.807, 2.05) is 13.8 Å². The average molecular weight is 298 g/mol. The molecule has 0 unspecified atom stereocenters. The van der Waals surface area contributed by atoms with E-state index < -0.39 is 21.4 Å². The van der Waals surface area contributed by atoms with Crippen LogP contribution in [0.1, 0.15) is 13.8 Å². The normalized spacial score (nSPS) is 12.2. The zero-order valence-corrected chi connectivity index (χ0v) is 11.8. The van der Waals surface area contributed by atoms with Crippen molar-refractivity contribution in [2.75, 3.05) is 0 Å². The summed E-state index contributed by atoms with van der Waals surface area (Å²) >= 11 is 0. The summed E-state index contributed by atoms with van der Waals surface area (Å²) in [7, 11) is -4.38. The second kappa shape index (κ2) is 4.88. The largest absolute Gasteiger partial charge is 0.328 e. The van der Waals surface area contributed by atoms with Crippen molar-refractivity contribution >= 4 is 21.0 Å². The third kappa shape index (κ3) is 2.66. The molecule has 2 rings (SSSR count). The quantitative estimate of drug-likeness (QED) is 0.806. The molecule has 0 saturated heterocycles. The van der Waals surface area contributed by atoms with E-state index in [4.69, 9.17) is 4.55 Å². The van der Waals surface area contributed by atoms with Crippen molar-refractivity contribution < 1.29 is 13.0 Å². The fraction of sp³-hybridized carbons (Fsp3) is 0.333. The molecule has 0 atom stereocenters. The fourth-order valence-corrected chi connectivity index (χ4v) is 2.43. The maximum atomic E-state index is 12.2. The van der Waals surface area contributed by atoms with E-state index in [1.165, 1.54) is 6.07 Å². The summed E-state index contributed by atoms with van der Waals surface area (Å²) < 4.78 is 32.1. The smallest absolute Gasteiger partial charge is 0.307 e. The highest BCUT2D eigenvalue weighted by Crippen LogP contribution is 2.13. The maximum absolute atomic E-state index is 12.2. The second-order valence-corrected chi connectivity index (χ2v) is 6.34. The first-order valence-corrected chi connectivity index (χ1v) is 7.38. The minimum absolute atomic E-state index is 0.0788. The Balaban J connectivity index is 2.77. The molecular weight excluding hydrogens is 284 g/mol. The van der Waals surface area contributed by atoms with Crippen LogP contribution in [0, 0.1) is 5.92 Å². The number of hydrogen-bond acceptors (Lipinski definition) is 4. The van der Waals surface area contributed by atoms with Crippen LogP contribution >= 0.6 is 0 Å². The SMILES string of the molecule is CC(C)Cn1c(=O)[nH]c2cc(S(=O)(=O)O)ccc2c1=O. The lowest BCUT2D eigenvalue weighted by atomic mass is 10.2. The van der Waals surface area contributed by atoms with Gasteiger partial charge in [-0.15, -0.1) is 0 Å². The third-order valence-corrected chi connectivity index (χ3v) is 3.65. The molecule has 1 heterocycles. The minimum atomic E-state index is -4.38. The molecule has 0 saturated carbocycles. The highest BCUT2D eigenvalue weighted by molar-refractivity contribution is 7.85. The van der Waals surface area contributed by atoms with Gasteiger partial charge in [0, 0.05) is 6.54 Å². The summed E-state index contributed by atoms with van der Waals surface area (Å²) in [5.41, 5.74) is -1.02. The number of nitrogens with zero attached hydrogens (tertiary/aromatic N) is 1. The van der Waals surface area contributed by atoms with Crippen LogP contribution in [0.3, 0.4) is 0 Å². The van der Waals surface area contributed by atoms with Gasteiger partial charge in [-0.3, -0.25) is 13.9 Å². The highest BCUT2D eigenvalue weighted by atomic mass is 32.2. The van der Waals surface area contributed by atoms with Gasteiger partial charge >= 0.3 is 5.69 Å². The first-order chi connectivity index (χ1) is 9.20. The minimum Gasteiger partial charge on any atom is -0.307 e. The van der Waals surface area contributed by atoms with Gasteiger partial charge in [0.05, 0.1) is 15.8 Å². The summed E-state index contributed by atoms with van der Waals surface area (Å²) in [6, 6.07) is 3.46. The molecular formula is C12H14N2O5S. The van der Waals surface area contributed by atoms with Crippen LogP contribution in [0.4, 0.5) is 0 Å². The molecule has 2 aromatic rings. The number of aromatic nitrogens is 2. The predicted octanol–water partition coefficient (Wildman–Crippen LogP) is 0.593. The van der Waals surface area contributed by atoms with E-state index >= 15 is 0 Å².